The highest BCUT2D eigenvalue weighted by Crippen LogP contribution is 2.20. The summed E-state index contributed by atoms with van der Waals surface area (Å²) in [6.07, 6.45) is 0. The van der Waals surface area contributed by atoms with Gasteiger partial charge in [0, 0.05) is 23.7 Å². The van der Waals surface area contributed by atoms with Crippen LogP contribution in [-0.4, -0.2) is 37.3 Å². The zero-order valence-electron chi connectivity index (χ0n) is 14.8. The van der Waals surface area contributed by atoms with Gasteiger partial charge in [-0.1, -0.05) is 27.3 Å². The van der Waals surface area contributed by atoms with Crippen molar-refractivity contribution in [1.82, 2.24) is 4.57 Å². The maximum absolute atomic E-state index is 12.6. The average Bonchev–Trinajstić information content (AvgIpc) is 3.02. The molecule has 1 aromatic heterocycles. The Kier molecular flexibility index (Phi) is 6.20. The standard InChI is InChI=1S/C19H17BrN2O4S/c1-25-10-9-22-15-8-5-13(18(24)26-2)11-16(15)27-19(22)21-17(23)12-3-6-14(20)7-4-12/h3-8,11H,9-10H2,1-2H3. The lowest BCUT2D eigenvalue weighted by Crippen LogP contribution is -2.19. The van der Waals surface area contributed by atoms with E-state index in [-0.39, 0.29) is 5.91 Å². The van der Waals surface area contributed by atoms with Crippen LogP contribution in [0.4, 0.5) is 0 Å². The van der Waals surface area contributed by atoms with Crippen LogP contribution in [0.1, 0.15) is 20.7 Å². The second kappa shape index (κ2) is 8.60. The number of hydrogen-bond donors (Lipinski definition) is 0. The number of hydrogen-bond acceptors (Lipinski definition) is 5. The zero-order valence-corrected chi connectivity index (χ0v) is 17.2. The predicted molar refractivity (Wildman–Crippen MR) is 107 cm³/mol. The number of nitrogens with zero attached hydrogens (tertiary/aromatic N) is 2. The Labute approximate surface area is 168 Å². The summed E-state index contributed by atoms with van der Waals surface area (Å²) >= 11 is 4.70. The quantitative estimate of drug-likeness (QED) is 0.558. The molecule has 0 unspecified atom stereocenters. The van der Waals surface area contributed by atoms with Gasteiger partial charge in [-0.15, -0.1) is 0 Å². The van der Waals surface area contributed by atoms with E-state index in [2.05, 4.69) is 20.9 Å². The van der Waals surface area contributed by atoms with Crippen molar-refractivity contribution in [1.29, 1.82) is 0 Å². The number of rotatable bonds is 5. The molecule has 0 atom stereocenters. The molecular weight excluding hydrogens is 432 g/mol. The third-order valence-electron chi connectivity index (χ3n) is 3.91. The molecule has 27 heavy (non-hydrogen) atoms. The van der Waals surface area contributed by atoms with Crippen molar-refractivity contribution in [3.05, 3.63) is 62.9 Å². The van der Waals surface area contributed by atoms with E-state index in [0.717, 1.165) is 14.7 Å². The van der Waals surface area contributed by atoms with Gasteiger partial charge in [-0.05, 0) is 42.5 Å². The summed E-state index contributed by atoms with van der Waals surface area (Å²) < 4.78 is 13.6. The van der Waals surface area contributed by atoms with Gasteiger partial charge >= 0.3 is 5.97 Å². The van der Waals surface area contributed by atoms with Crippen molar-refractivity contribution in [3.63, 3.8) is 0 Å². The van der Waals surface area contributed by atoms with Crippen LogP contribution in [0.2, 0.25) is 0 Å². The van der Waals surface area contributed by atoms with Crippen LogP contribution in [0, 0.1) is 0 Å². The maximum atomic E-state index is 12.6. The molecule has 1 amide bonds. The van der Waals surface area contributed by atoms with Gasteiger partial charge in [0.15, 0.2) is 4.80 Å². The fourth-order valence-electron chi connectivity index (χ4n) is 2.55. The molecule has 6 nitrogen and oxygen atoms in total. The molecule has 1 heterocycles. The third-order valence-corrected chi connectivity index (χ3v) is 5.48. The van der Waals surface area contributed by atoms with Gasteiger partial charge in [0.2, 0.25) is 0 Å². The molecule has 0 aliphatic heterocycles. The van der Waals surface area contributed by atoms with E-state index in [0.29, 0.717) is 29.1 Å². The SMILES string of the molecule is COCCn1c(=NC(=O)c2ccc(Br)cc2)sc2cc(C(=O)OC)ccc21. The Morgan fingerprint density at radius 2 is 1.81 bits per heavy atom. The number of thiazole rings is 1. The topological polar surface area (TPSA) is 69.9 Å². The van der Waals surface area contributed by atoms with E-state index in [9.17, 15) is 9.59 Å². The largest absolute Gasteiger partial charge is 0.465 e. The van der Waals surface area contributed by atoms with Crippen LogP contribution >= 0.6 is 27.3 Å². The van der Waals surface area contributed by atoms with Crippen molar-refractivity contribution in [2.45, 2.75) is 6.54 Å². The Bertz CT molecular complexity index is 1050. The second-order valence-corrected chi connectivity index (χ2v) is 7.55. The number of methoxy groups -OCH3 is 2. The number of fused-ring (bicyclic) bond motifs is 1. The Morgan fingerprint density at radius 1 is 1.11 bits per heavy atom. The lowest BCUT2D eigenvalue weighted by Gasteiger charge is -2.05. The van der Waals surface area contributed by atoms with Gasteiger partial charge in [-0.25, -0.2) is 4.79 Å². The minimum atomic E-state index is -0.404. The Morgan fingerprint density at radius 3 is 2.48 bits per heavy atom. The molecule has 2 aromatic carbocycles. The van der Waals surface area contributed by atoms with E-state index in [1.54, 1.807) is 43.5 Å². The first-order valence-corrected chi connectivity index (χ1v) is 9.69. The first kappa shape index (κ1) is 19.5. The Hall–Kier alpha value is -2.29. The lowest BCUT2D eigenvalue weighted by molar-refractivity contribution is 0.0601. The summed E-state index contributed by atoms with van der Waals surface area (Å²) in [6, 6.07) is 12.3. The van der Waals surface area contributed by atoms with Gasteiger partial charge in [-0.3, -0.25) is 4.79 Å². The molecule has 0 N–H and O–H groups in total. The maximum Gasteiger partial charge on any atom is 0.337 e. The van der Waals surface area contributed by atoms with Crippen LogP contribution in [0.5, 0.6) is 0 Å². The van der Waals surface area contributed by atoms with Crippen molar-refractivity contribution < 1.29 is 19.1 Å². The number of amides is 1. The number of carbonyl (C=O) groups is 2. The summed E-state index contributed by atoms with van der Waals surface area (Å²) in [6.45, 7) is 1.02. The average molecular weight is 449 g/mol. The van der Waals surface area contributed by atoms with Gasteiger partial charge in [0.05, 0.1) is 29.5 Å². The van der Waals surface area contributed by atoms with E-state index in [1.165, 1.54) is 18.4 Å². The molecule has 140 valence electrons. The van der Waals surface area contributed by atoms with Crippen molar-refractivity contribution in [2.24, 2.45) is 4.99 Å². The summed E-state index contributed by atoms with van der Waals surface area (Å²) in [5.74, 6) is -0.730. The molecule has 0 aliphatic carbocycles. The minimum absolute atomic E-state index is 0.326. The summed E-state index contributed by atoms with van der Waals surface area (Å²) in [7, 11) is 2.96. The van der Waals surface area contributed by atoms with Crippen LogP contribution < -0.4 is 4.80 Å². The van der Waals surface area contributed by atoms with Crippen LogP contribution in [0.25, 0.3) is 10.2 Å². The highest BCUT2D eigenvalue weighted by Gasteiger charge is 2.12. The van der Waals surface area contributed by atoms with Crippen molar-refractivity contribution >= 4 is 49.4 Å². The molecule has 3 rings (SSSR count). The van der Waals surface area contributed by atoms with E-state index in [1.807, 2.05) is 10.6 Å². The molecule has 0 fully saturated rings. The van der Waals surface area contributed by atoms with Gasteiger partial charge in [0.25, 0.3) is 5.91 Å². The molecular formula is C19H17BrN2O4S. The van der Waals surface area contributed by atoms with Crippen molar-refractivity contribution in [3.8, 4) is 0 Å². The summed E-state index contributed by atoms with van der Waals surface area (Å²) in [5.41, 5.74) is 1.84. The fraction of sp³-hybridized carbons (Fsp3) is 0.211. The number of ether oxygens (including phenoxy) is 2. The van der Waals surface area contributed by atoms with Crippen LogP contribution in [0.15, 0.2) is 51.9 Å². The minimum Gasteiger partial charge on any atom is -0.465 e. The van der Waals surface area contributed by atoms with Gasteiger partial charge in [0.1, 0.15) is 0 Å². The molecule has 0 spiro atoms. The highest BCUT2D eigenvalue weighted by molar-refractivity contribution is 9.10. The first-order chi connectivity index (χ1) is 13.0. The molecule has 0 saturated heterocycles. The zero-order chi connectivity index (χ0) is 19.4. The highest BCUT2D eigenvalue weighted by atomic mass is 79.9. The molecule has 3 aromatic rings. The fourth-order valence-corrected chi connectivity index (χ4v) is 3.90. The Balaban J connectivity index is 2.10. The van der Waals surface area contributed by atoms with E-state index in [4.69, 9.17) is 9.47 Å². The number of esters is 1. The van der Waals surface area contributed by atoms with Crippen LogP contribution in [-0.2, 0) is 16.0 Å². The number of aromatic nitrogens is 1. The molecule has 0 saturated carbocycles. The molecule has 0 bridgehead atoms. The number of carbonyl (C=O) groups excluding carboxylic acids is 2. The third kappa shape index (κ3) is 4.35. The first-order valence-electron chi connectivity index (χ1n) is 8.08. The van der Waals surface area contributed by atoms with Crippen molar-refractivity contribution in [2.75, 3.05) is 20.8 Å². The number of halogens is 1. The summed E-state index contributed by atoms with van der Waals surface area (Å²) in [4.78, 5) is 29.2. The van der Waals surface area contributed by atoms with E-state index >= 15 is 0 Å². The number of benzene rings is 2. The smallest absolute Gasteiger partial charge is 0.337 e. The predicted octanol–water partition coefficient (Wildman–Crippen LogP) is 3.64. The van der Waals surface area contributed by atoms with Crippen LogP contribution in [0.3, 0.4) is 0 Å². The van der Waals surface area contributed by atoms with E-state index < -0.39 is 5.97 Å². The van der Waals surface area contributed by atoms with Gasteiger partial charge in [-0.2, -0.15) is 4.99 Å². The molecule has 8 heteroatoms. The summed E-state index contributed by atoms with van der Waals surface area (Å²) in [5, 5.41) is 0. The second-order valence-electron chi connectivity index (χ2n) is 5.63. The monoisotopic (exact) mass is 448 g/mol. The van der Waals surface area contributed by atoms with Gasteiger partial charge < -0.3 is 14.0 Å². The normalized spacial score (nSPS) is 11.7. The molecule has 0 aliphatic rings. The lowest BCUT2D eigenvalue weighted by atomic mass is 10.2. The molecule has 0 radical (unpaired) electrons.